The van der Waals surface area contributed by atoms with E-state index in [0.717, 1.165) is 53.9 Å². The van der Waals surface area contributed by atoms with Gasteiger partial charge in [-0.1, -0.05) is 22.6 Å². The van der Waals surface area contributed by atoms with Gasteiger partial charge in [0.1, 0.15) is 34.4 Å². The van der Waals surface area contributed by atoms with E-state index in [1.54, 1.807) is 30.6 Å². The Bertz CT molecular complexity index is 1600. The van der Waals surface area contributed by atoms with Gasteiger partial charge in [-0.3, -0.25) is 0 Å². The highest BCUT2D eigenvalue weighted by molar-refractivity contribution is 7.22. The van der Waals surface area contributed by atoms with Crippen molar-refractivity contribution in [2.75, 3.05) is 19.1 Å². The molecule has 3 atom stereocenters. The van der Waals surface area contributed by atoms with Gasteiger partial charge >= 0.3 is 5.97 Å². The first kappa shape index (κ1) is 26.3. The van der Waals surface area contributed by atoms with Gasteiger partial charge in [-0.15, -0.1) is 0 Å². The largest absolute Gasteiger partial charge is 0.494 e. The van der Waals surface area contributed by atoms with Gasteiger partial charge in [0.25, 0.3) is 0 Å². The molecule has 2 aromatic heterocycles. The van der Waals surface area contributed by atoms with E-state index in [-0.39, 0.29) is 42.0 Å². The normalized spacial score (nSPS) is 22.0. The van der Waals surface area contributed by atoms with Gasteiger partial charge in [0.2, 0.25) is 0 Å². The number of nitrogens with zero attached hydrogens (tertiary/aromatic N) is 3. The lowest BCUT2D eigenvalue weighted by Crippen LogP contribution is -2.45. The molecule has 41 heavy (non-hydrogen) atoms. The second kappa shape index (κ2) is 10.4. The molecule has 0 amide bonds. The number of thiazole rings is 1. The van der Waals surface area contributed by atoms with E-state index >= 15 is 0 Å². The van der Waals surface area contributed by atoms with Crippen LogP contribution in [0.4, 0.5) is 13.9 Å². The predicted octanol–water partition coefficient (Wildman–Crippen LogP) is 6.62. The maximum absolute atomic E-state index is 14.7. The molecule has 0 N–H and O–H groups in total. The summed E-state index contributed by atoms with van der Waals surface area (Å²) in [7, 11) is 2.92. The lowest BCUT2D eigenvalue weighted by Gasteiger charge is -2.38. The third-order valence-corrected chi connectivity index (χ3v) is 9.45. The summed E-state index contributed by atoms with van der Waals surface area (Å²) in [5.74, 6) is -0.315. The Morgan fingerprint density at radius 3 is 2.49 bits per heavy atom. The number of methoxy groups -OCH3 is 2. The number of benzene rings is 2. The Morgan fingerprint density at radius 2 is 1.83 bits per heavy atom. The quantitative estimate of drug-likeness (QED) is 0.215. The monoisotopic (exact) mass is 581 g/mol. The highest BCUT2D eigenvalue weighted by Crippen LogP contribution is 2.47. The van der Waals surface area contributed by atoms with Crippen LogP contribution in [0.3, 0.4) is 0 Å². The van der Waals surface area contributed by atoms with Crippen LogP contribution in [0.15, 0.2) is 34.9 Å². The van der Waals surface area contributed by atoms with Gasteiger partial charge in [-0.25, -0.2) is 18.6 Å². The van der Waals surface area contributed by atoms with Crippen molar-refractivity contribution in [3.63, 3.8) is 0 Å². The predicted molar refractivity (Wildman–Crippen MR) is 148 cm³/mol. The van der Waals surface area contributed by atoms with Crippen molar-refractivity contribution in [1.29, 1.82) is 0 Å². The molecule has 11 heteroatoms. The summed E-state index contributed by atoms with van der Waals surface area (Å²) >= 11 is 1.54. The van der Waals surface area contributed by atoms with Crippen molar-refractivity contribution < 1.29 is 32.3 Å². The number of carbonyl (C=O) groups excluding carboxylic acids is 1. The molecule has 0 spiro atoms. The van der Waals surface area contributed by atoms with Crippen LogP contribution in [0.25, 0.3) is 21.5 Å². The van der Waals surface area contributed by atoms with Gasteiger partial charge in [0.15, 0.2) is 5.13 Å². The van der Waals surface area contributed by atoms with Crippen LogP contribution in [-0.4, -0.2) is 48.5 Å². The molecule has 7 rings (SSSR count). The second-order valence-corrected chi connectivity index (χ2v) is 12.0. The molecule has 3 aliphatic rings. The molecular weight excluding hydrogens is 552 g/mol. The van der Waals surface area contributed by atoms with Gasteiger partial charge < -0.3 is 23.6 Å². The summed E-state index contributed by atoms with van der Waals surface area (Å²) < 4.78 is 52.7. The number of anilines is 1. The minimum Gasteiger partial charge on any atom is -0.494 e. The zero-order valence-electron chi connectivity index (χ0n) is 22.7. The van der Waals surface area contributed by atoms with Crippen LogP contribution >= 0.6 is 11.3 Å². The molecule has 1 aliphatic carbocycles. The van der Waals surface area contributed by atoms with E-state index < -0.39 is 17.6 Å². The van der Waals surface area contributed by atoms with Crippen LogP contribution < -0.4 is 9.64 Å². The molecule has 4 heterocycles. The van der Waals surface area contributed by atoms with Gasteiger partial charge in [0, 0.05) is 23.6 Å². The van der Waals surface area contributed by atoms with E-state index in [0.29, 0.717) is 22.6 Å². The van der Waals surface area contributed by atoms with Crippen LogP contribution in [0.2, 0.25) is 0 Å². The van der Waals surface area contributed by atoms with E-state index in [2.05, 4.69) is 10.1 Å². The minimum absolute atomic E-state index is 0.0149. The molecule has 3 fully saturated rings. The fourth-order valence-electron chi connectivity index (χ4n) is 6.31. The minimum atomic E-state index is -0.667. The SMILES string of the molecule is COC(=O)c1cc(OC)c2nc(N3C4CC[C@H]3C[C@H](OCc3c(-c5c(F)cccc5F)noc3C3CC3)C4)sc2c1. The number of carbonyl (C=O) groups is 1. The summed E-state index contributed by atoms with van der Waals surface area (Å²) in [6.45, 7) is 0.192. The average Bonchev–Trinajstić information content (AvgIpc) is 3.50. The zero-order valence-corrected chi connectivity index (χ0v) is 23.5. The fourth-order valence-corrected chi connectivity index (χ4v) is 7.48. The third kappa shape index (κ3) is 4.64. The second-order valence-electron chi connectivity index (χ2n) is 11.0. The number of ether oxygens (including phenoxy) is 3. The van der Waals surface area contributed by atoms with Crippen molar-refractivity contribution in [1.82, 2.24) is 10.1 Å². The molecule has 2 saturated heterocycles. The standard InChI is InChI=1S/C30H29F2N3O5S/c1-37-23-10-16(29(36)38-2)11-24-27(23)33-30(41-24)35-17-8-9-18(35)13-19(12-17)39-14-20-26(34-40-28(20)15-6-7-15)25-21(31)4-3-5-22(25)32/h3-5,10-11,15,17-19H,6-9,12-14H2,1-2H3/t17-,18?,19-/m0/s1. The first-order valence-electron chi connectivity index (χ1n) is 13.8. The van der Waals surface area contributed by atoms with Crippen LogP contribution in [0.1, 0.15) is 66.1 Å². The van der Waals surface area contributed by atoms with E-state index in [1.165, 1.54) is 25.3 Å². The van der Waals surface area contributed by atoms with Gasteiger partial charge in [-0.2, -0.15) is 0 Å². The molecule has 214 valence electrons. The van der Waals surface area contributed by atoms with E-state index in [1.807, 2.05) is 0 Å². The number of halogens is 2. The number of hydrogen-bond acceptors (Lipinski definition) is 9. The summed E-state index contributed by atoms with van der Waals surface area (Å²) in [6.07, 6.45) is 5.60. The van der Waals surface area contributed by atoms with Crippen LogP contribution in [-0.2, 0) is 16.1 Å². The lowest BCUT2D eigenvalue weighted by atomic mass is 10.00. The average molecular weight is 582 g/mol. The van der Waals surface area contributed by atoms with Crippen LogP contribution in [0, 0.1) is 11.6 Å². The first-order chi connectivity index (χ1) is 19.9. The number of aromatic nitrogens is 2. The van der Waals surface area contributed by atoms with Crippen LogP contribution in [0.5, 0.6) is 5.75 Å². The van der Waals surface area contributed by atoms with Crippen molar-refractivity contribution >= 4 is 32.7 Å². The third-order valence-electron chi connectivity index (χ3n) is 8.43. The number of esters is 1. The Hall–Kier alpha value is -3.57. The number of piperidine rings is 1. The van der Waals surface area contributed by atoms with Gasteiger partial charge in [0.05, 0.1) is 42.8 Å². The first-order valence-corrected chi connectivity index (χ1v) is 14.7. The summed E-state index contributed by atoms with van der Waals surface area (Å²) in [6, 6.07) is 7.77. The molecule has 1 saturated carbocycles. The van der Waals surface area contributed by atoms with Gasteiger partial charge in [-0.05, 0) is 62.8 Å². The fraction of sp³-hybridized carbons (Fsp3) is 0.433. The number of fused-ring (bicyclic) bond motifs is 3. The maximum Gasteiger partial charge on any atom is 0.338 e. The Balaban J connectivity index is 1.11. The number of rotatable bonds is 8. The topological polar surface area (TPSA) is 86.9 Å². The molecule has 1 unspecified atom stereocenters. The molecule has 0 radical (unpaired) electrons. The Labute approximate surface area is 239 Å². The zero-order chi connectivity index (χ0) is 28.2. The maximum atomic E-state index is 14.7. The highest BCUT2D eigenvalue weighted by Gasteiger charge is 2.43. The summed E-state index contributed by atoms with van der Waals surface area (Å²) in [5, 5.41) is 5.00. The smallest absolute Gasteiger partial charge is 0.338 e. The van der Waals surface area contributed by atoms with Crippen molar-refractivity contribution in [3.8, 4) is 17.0 Å². The molecular formula is C30H29F2N3O5S. The molecule has 2 aliphatic heterocycles. The Kier molecular flexibility index (Phi) is 6.66. The lowest BCUT2D eigenvalue weighted by molar-refractivity contribution is 0.0147. The number of hydrogen-bond donors (Lipinski definition) is 0. The summed E-state index contributed by atoms with van der Waals surface area (Å²) in [4.78, 5) is 19.5. The molecule has 2 bridgehead atoms. The van der Waals surface area contributed by atoms with Crippen molar-refractivity contribution in [2.45, 2.75) is 69.2 Å². The Morgan fingerprint density at radius 1 is 1.10 bits per heavy atom. The van der Waals surface area contributed by atoms with Crippen molar-refractivity contribution in [2.24, 2.45) is 0 Å². The van der Waals surface area contributed by atoms with E-state index in [9.17, 15) is 13.6 Å². The molecule has 4 aromatic rings. The molecule has 2 aromatic carbocycles. The molecule has 8 nitrogen and oxygen atoms in total. The van der Waals surface area contributed by atoms with E-state index in [4.69, 9.17) is 23.7 Å². The summed E-state index contributed by atoms with van der Waals surface area (Å²) in [5.41, 5.74) is 1.82. The van der Waals surface area contributed by atoms with Crippen molar-refractivity contribution in [3.05, 3.63) is 58.9 Å². The highest BCUT2D eigenvalue weighted by atomic mass is 32.1.